The zero-order valence-corrected chi connectivity index (χ0v) is 13.1. The third kappa shape index (κ3) is 3.29. The summed E-state index contributed by atoms with van der Waals surface area (Å²) in [5, 5.41) is 14.3. The van der Waals surface area contributed by atoms with Gasteiger partial charge in [-0.05, 0) is 36.8 Å². The van der Waals surface area contributed by atoms with E-state index in [1.807, 2.05) is 18.2 Å². The zero-order valence-electron chi connectivity index (χ0n) is 13.1. The van der Waals surface area contributed by atoms with Gasteiger partial charge < -0.3 is 14.8 Å². The van der Waals surface area contributed by atoms with Crippen molar-refractivity contribution in [1.29, 1.82) is 0 Å². The maximum atomic E-state index is 11.4. The van der Waals surface area contributed by atoms with Crippen LogP contribution in [0.4, 0.5) is 11.4 Å². The van der Waals surface area contributed by atoms with Crippen molar-refractivity contribution in [2.24, 2.45) is 0 Å². The van der Waals surface area contributed by atoms with E-state index >= 15 is 0 Å². The molecule has 2 aromatic rings. The number of benzene rings is 2. The monoisotopic (exact) mass is 328 g/mol. The van der Waals surface area contributed by atoms with Crippen molar-refractivity contribution in [1.82, 2.24) is 0 Å². The summed E-state index contributed by atoms with van der Waals surface area (Å²) in [6.07, 6.45) is 0. The predicted molar refractivity (Wildman–Crippen MR) is 87.9 cm³/mol. The van der Waals surface area contributed by atoms with Crippen LogP contribution >= 0.6 is 0 Å². The zero-order chi connectivity index (χ0) is 17.1. The number of ketones is 1. The molecule has 0 amide bonds. The molecule has 7 nitrogen and oxygen atoms in total. The molecule has 0 fully saturated rings. The van der Waals surface area contributed by atoms with E-state index in [-0.39, 0.29) is 11.5 Å². The lowest BCUT2D eigenvalue weighted by Crippen LogP contribution is -2.15. The molecule has 1 aliphatic heterocycles. The van der Waals surface area contributed by atoms with Gasteiger partial charge in [0, 0.05) is 18.2 Å². The normalized spacial score (nSPS) is 12.5. The number of nitro groups is 1. The van der Waals surface area contributed by atoms with Crippen molar-refractivity contribution in [2.45, 2.75) is 13.5 Å². The predicted octanol–water partition coefficient (Wildman–Crippen LogP) is 3.18. The summed E-state index contributed by atoms with van der Waals surface area (Å²) >= 11 is 0. The molecule has 7 heteroatoms. The lowest BCUT2D eigenvalue weighted by atomic mass is 10.1. The number of nitro benzene ring substituents is 1. The summed E-state index contributed by atoms with van der Waals surface area (Å²) in [5.41, 5.74) is 1.45. The summed E-state index contributed by atoms with van der Waals surface area (Å²) in [4.78, 5) is 22.1. The van der Waals surface area contributed by atoms with E-state index in [9.17, 15) is 14.9 Å². The van der Waals surface area contributed by atoms with E-state index in [4.69, 9.17) is 9.47 Å². The Morgan fingerprint density at radius 3 is 2.62 bits per heavy atom. The van der Waals surface area contributed by atoms with Crippen LogP contribution in [0.3, 0.4) is 0 Å². The van der Waals surface area contributed by atoms with Gasteiger partial charge in [-0.25, -0.2) is 0 Å². The Balaban J connectivity index is 1.79. The van der Waals surface area contributed by atoms with Crippen LogP contribution in [0.5, 0.6) is 11.5 Å². The van der Waals surface area contributed by atoms with Crippen molar-refractivity contribution < 1.29 is 19.2 Å². The van der Waals surface area contributed by atoms with Crippen molar-refractivity contribution in [3.63, 3.8) is 0 Å². The van der Waals surface area contributed by atoms with Crippen LogP contribution in [-0.4, -0.2) is 23.9 Å². The molecule has 0 atom stereocenters. The van der Waals surface area contributed by atoms with Crippen molar-refractivity contribution in [2.75, 3.05) is 18.5 Å². The molecule has 0 bridgehead atoms. The molecule has 124 valence electrons. The fourth-order valence-electron chi connectivity index (χ4n) is 2.45. The lowest BCUT2D eigenvalue weighted by Gasteiger charge is -2.19. The van der Waals surface area contributed by atoms with Gasteiger partial charge in [-0.2, -0.15) is 0 Å². The van der Waals surface area contributed by atoms with Crippen LogP contribution in [0.1, 0.15) is 22.8 Å². The minimum Gasteiger partial charge on any atom is -0.486 e. The SMILES string of the molecule is CC(=O)c1ccc(NCc2ccc3c(c2)OCCO3)c([N+](=O)[O-])c1. The van der Waals surface area contributed by atoms with Gasteiger partial charge >= 0.3 is 0 Å². The standard InChI is InChI=1S/C17H16N2O5/c1-11(20)13-3-4-14(15(9-13)19(21)22)18-10-12-2-5-16-17(8-12)24-7-6-23-16/h2-5,8-9,18H,6-7,10H2,1H3. The average Bonchev–Trinajstić information content (AvgIpc) is 2.59. The van der Waals surface area contributed by atoms with Crippen LogP contribution in [0, 0.1) is 10.1 Å². The van der Waals surface area contributed by atoms with E-state index < -0.39 is 4.92 Å². The van der Waals surface area contributed by atoms with Crippen LogP contribution in [0.25, 0.3) is 0 Å². The van der Waals surface area contributed by atoms with E-state index in [1.54, 1.807) is 12.1 Å². The molecule has 1 heterocycles. The topological polar surface area (TPSA) is 90.7 Å². The molecule has 0 aromatic heterocycles. The van der Waals surface area contributed by atoms with Crippen molar-refractivity contribution in [3.05, 3.63) is 57.6 Å². The summed E-state index contributed by atoms with van der Waals surface area (Å²) < 4.78 is 11.0. The van der Waals surface area contributed by atoms with E-state index in [0.717, 1.165) is 5.56 Å². The molecule has 0 spiro atoms. The maximum Gasteiger partial charge on any atom is 0.293 e. The largest absolute Gasteiger partial charge is 0.486 e. The Kier molecular flexibility index (Phi) is 4.33. The number of rotatable bonds is 5. The fraction of sp³-hybridized carbons (Fsp3) is 0.235. The van der Waals surface area contributed by atoms with Gasteiger partial charge in [0.05, 0.1) is 4.92 Å². The summed E-state index contributed by atoms with van der Waals surface area (Å²) in [6.45, 7) is 2.79. The molecule has 0 aliphatic carbocycles. The highest BCUT2D eigenvalue weighted by Crippen LogP contribution is 2.31. The summed E-state index contributed by atoms with van der Waals surface area (Å²) in [7, 11) is 0. The third-order valence-electron chi connectivity index (χ3n) is 3.69. The molecule has 0 radical (unpaired) electrons. The molecule has 0 unspecified atom stereocenters. The number of anilines is 1. The lowest BCUT2D eigenvalue weighted by molar-refractivity contribution is -0.384. The highest BCUT2D eigenvalue weighted by molar-refractivity contribution is 5.95. The summed E-state index contributed by atoms with van der Waals surface area (Å²) in [5.74, 6) is 1.15. The molecule has 3 rings (SSSR count). The van der Waals surface area contributed by atoms with Gasteiger partial charge in [0.2, 0.25) is 0 Å². The molecular weight excluding hydrogens is 312 g/mol. The highest BCUT2D eigenvalue weighted by Gasteiger charge is 2.17. The van der Waals surface area contributed by atoms with E-state index in [1.165, 1.54) is 13.0 Å². The molecule has 1 aliphatic rings. The van der Waals surface area contributed by atoms with Crippen LogP contribution in [0.15, 0.2) is 36.4 Å². The number of carbonyl (C=O) groups excluding carboxylic acids is 1. The van der Waals surface area contributed by atoms with Crippen molar-refractivity contribution in [3.8, 4) is 11.5 Å². The second kappa shape index (κ2) is 6.57. The molecular formula is C17H16N2O5. The van der Waals surface area contributed by atoms with E-state index in [2.05, 4.69) is 5.32 Å². The quantitative estimate of drug-likeness (QED) is 0.515. The Morgan fingerprint density at radius 2 is 1.92 bits per heavy atom. The van der Waals surface area contributed by atoms with Crippen LogP contribution in [-0.2, 0) is 6.54 Å². The first-order valence-electron chi connectivity index (χ1n) is 7.46. The van der Waals surface area contributed by atoms with Crippen molar-refractivity contribution >= 4 is 17.2 Å². The Labute approximate surface area is 138 Å². The number of carbonyl (C=O) groups is 1. The molecule has 0 saturated carbocycles. The van der Waals surface area contributed by atoms with Crippen LogP contribution < -0.4 is 14.8 Å². The average molecular weight is 328 g/mol. The van der Waals surface area contributed by atoms with Gasteiger partial charge in [0.25, 0.3) is 5.69 Å². The second-order valence-electron chi connectivity index (χ2n) is 5.38. The number of nitrogens with one attached hydrogen (secondary N) is 1. The number of hydrogen-bond donors (Lipinski definition) is 1. The number of hydrogen-bond acceptors (Lipinski definition) is 6. The van der Waals surface area contributed by atoms with Gasteiger partial charge in [0.15, 0.2) is 17.3 Å². The van der Waals surface area contributed by atoms with Gasteiger partial charge in [-0.3, -0.25) is 14.9 Å². The Morgan fingerprint density at radius 1 is 1.17 bits per heavy atom. The first-order chi connectivity index (χ1) is 11.5. The first-order valence-corrected chi connectivity index (χ1v) is 7.46. The van der Waals surface area contributed by atoms with Gasteiger partial charge in [-0.15, -0.1) is 0 Å². The molecule has 24 heavy (non-hydrogen) atoms. The number of ether oxygens (including phenoxy) is 2. The molecule has 1 N–H and O–H groups in total. The third-order valence-corrected chi connectivity index (χ3v) is 3.69. The van der Waals surface area contributed by atoms with E-state index in [0.29, 0.717) is 42.5 Å². The molecule has 2 aromatic carbocycles. The Hall–Kier alpha value is -3.09. The fourth-order valence-corrected chi connectivity index (χ4v) is 2.45. The van der Waals surface area contributed by atoms with Gasteiger partial charge in [0.1, 0.15) is 18.9 Å². The number of fused-ring (bicyclic) bond motifs is 1. The Bertz CT molecular complexity index is 804. The maximum absolute atomic E-state index is 11.4. The number of nitrogens with zero attached hydrogens (tertiary/aromatic N) is 1. The highest BCUT2D eigenvalue weighted by atomic mass is 16.6. The smallest absolute Gasteiger partial charge is 0.293 e. The second-order valence-corrected chi connectivity index (χ2v) is 5.38. The van der Waals surface area contributed by atoms with Gasteiger partial charge in [-0.1, -0.05) is 6.07 Å². The minimum absolute atomic E-state index is 0.125. The first kappa shape index (κ1) is 15.8. The summed E-state index contributed by atoms with van der Waals surface area (Å²) in [6, 6.07) is 9.94. The van der Waals surface area contributed by atoms with Crippen LogP contribution in [0.2, 0.25) is 0 Å². The minimum atomic E-state index is -0.501. The number of Topliss-reactive ketones (excluding diaryl/α,β-unsaturated/α-hetero) is 1. The molecule has 0 saturated heterocycles.